The lowest BCUT2D eigenvalue weighted by Gasteiger charge is -2.19. The summed E-state index contributed by atoms with van der Waals surface area (Å²) >= 11 is 0. The maximum Gasteiger partial charge on any atom is 0.255 e. The zero-order valence-electron chi connectivity index (χ0n) is 18.8. The van der Waals surface area contributed by atoms with Crippen LogP contribution in [0.15, 0.2) is 48.9 Å². The minimum atomic E-state index is -0.343. The topological polar surface area (TPSA) is 87.1 Å². The molecule has 0 spiro atoms. The van der Waals surface area contributed by atoms with Crippen LogP contribution in [0.25, 0.3) is 11.3 Å². The molecule has 32 heavy (non-hydrogen) atoms. The molecule has 168 valence electrons. The van der Waals surface area contributed by atoms with E-state index in [9.17, 15) is 14.3 Å². The van der Waals surface area contributed by atoms with Crippen LogP contribution in [0.1, 0.15) is 54.6 Å². The van der Waals surface area contributed by atoms with Crippen molar-refractivity contribution in [2.75, 3.05) is 11.9 Å². The van der Waals surface area contributed by atoms with E-state index in [0.717, 1.165) is 16.8 Å². The van der Waals surface area contributed by atoms with Crippen LogP contribution in [0.4, 0.5) is 15.8 Å². The van der Waals surface area contributed by atoms with Gasteiger partial charge in [0, 0.05) is 29.8 Å². The van der Waals surface area contributed by atoms with E-state index in [-0.39, 0.29) is 30.3 Å². The molecule has 1 aromatic carbocycles. The Morgan fingerprint density at radius 1 is 1.16 bits per heavy atom. The number of benzene rings is 1. The van der Waals surface area contributed by atoms with Gasteiger partial charge in [-0.15, -0.1) is 0 Å². The third-order valence-corrected chi connectivity index (χ3v) is 5.34. The third kappa shape index (κ3) is 5.29. The monoisotopic (exact) mass is 436 g/mol. The zero-order chi connectivity index (χ0) is 23.3. The second-order valence-electron chi connectivity index (χ2n) is 8.10. The number of aliphatic hydroxyl groups excluding tert-OH is 1. The minimum absolute atomic E-state index is 0.140. The summed E-state index contributed by atoms with van der Waals surface area (Å²) in [7, 11) is 0. The predicted molar refractivity (Wildman–Crippen MR) is 125 cm³/mol. The average Bonchev–Trinajstić information content (AvgIpc) is 2.79. The summed E-state index contributed by atoms with van der Waals surface area (Å²) in [6.07, 6.45) is 5.43. The molecule has 3 aromatic rings. The molecule has 6 nitrogen and oxygen atoms in total. The summed E-state index contributed by atoms with van der Waals surface area (Å²) in [5, 5.41) is 15.6. The predicted octanol–water partition coefficient (Wildman–Crippen LogP) is 4.96. The number of hydrogen-bond donors (Lipinski definition) is 3. The molecule has 1 amide bonds. The van der Waals surface area contributed by atoms with E-state index in [4.69, 9.17) is 0 Å². The lowest BCUT2D eigenvalue weighted by Crippen LogP contribution is -2.37. The number of anilines is 2. The summed E-state index contributed by atoms with van der Waals surface area (Å²) in [6, 6.07) is 8.11. The van der Waals surface area contributed by atoms with Crippen molar-refractivity contribution >= 4 is 17.3 Å². The van der Waals surface area contributed by atoms with Gasteiger partial charge >= 0.3 is 0 Å². The first-order chi connectivity index (χ1) is 15.3. The average molecular weight is 437 g/mol. The van der Waals surface area contributed by atoms with Gasteiger partial charge in [-0.1, -0.05) is 32.4 Å². The first-order valence-electron chi connectivity index (χ1n) is 10.7. The molecule has 0 aliphatic rings. The molecular weight excluding hydrogens is 407 g/mol. The van der Waals surface area contributed by atoms with Crippen molar-refractivity contribution in [2.24, 2.45) is 0 Å². The minimum Gasteiger partial charge on any atom is -0.394 e. The van der Waals surface area contributed by atoms with Gasteiger partial charge in [0.2, 0.25) is 0 Å². The van der Waals surface area contributed by atoms with E-state index in [2.05, 4.69) is 20.6 Å². The van der Waals surface area contributed by atoms with E-state index < -0.39 is 0 Å². The van der Waals surface area contributed by atoms with Gasteiger partial charge in [0.05, 0.1) is 29.6 Å². The Morgan fingerprint density at radius 2 is 1.94 bits per heavy atom. The summed E-state index contributed by atoms with van der Waals surface area (Å²) in [4.78, 5) is 21.4. The molecular formula is C25H29FN4O2. The van der Waals surface area contributed by atoms with Crippen LogP contribution in [0.2, 0.25) is 0 Å². The number of amides is 1. The standard InChI is InChI=1S/C25H29FN4O2/c1-5-17(14-31)29-25(32)20-12-27-9-8-22(20)30-24-11-23(28-13-19(24)15(2)3)18-10-16(4)6-7-21(18)26/h6-13,15,17,31H,5,14H2,1-4H3,(H,29,32)(H,27,28,30). The van der Waals surface area contributed by atoms with E-state index in [1.165, 1.54) is 12.3 Å². The Kier molecular flexibility index (Phi) is 7.53. The van der Waals surface area contributed by atoms with Crippen molar-refractivity contribution in [3.05, 3.63) is 71.4 Å². The third-order valence-electron chi connectivity index (χ3n) is 5.34. The van der Waals surface area contributed by atoms with Crippen LogP contribution in [-0.2, 0) is 0 Å². The molecule has 0 saturated heterocycles. The largest absolute Gasteiger partial charge is 0.394 e. The number of carbonyl (C=O) groups is 1. The lowest BCUT2D eigenvalue weighted by molar-refractivity contribution is 0.0915. The molecule has 3 rings (SSSR count). The van der Waals surface area contributed by atoms with Gasteiger partial charge in [-0.05, 0) is 49.1 Å². The van der Waals surface area contributed by atoms with Crippen molar-refractivity contribution < 1.29 is 14.3 Å². The first kappa shape index (κ1) is 23.3. The van der Waals surface area contributed by atoms with Gasteiger partial charge in [0.15, 0.2) is 0 Å². The lowest BCUT2D eigenvalue weighted by atomic mass is 10.00. The van der Waals surface area contributed by atoms with Crippen LogP contribution in [-0.4, -0.2) is 33.6 Å². The molecule has 1 unspecified atom stereocenters. The number of halogens is 1. The molecule has 3 N–H and O–H groups in total. The fraction of sp³-hybridized carbons (Fsp3) is 0.320. The number of carbonyl (C=O) groups excluding carboxylic acids is 1. The van der Waals surface area contributed by atoms with Gasteiger partial charge in [0.1, 0.15) is 5.82 Å². The number of aromatic nitrogens is 2. The summed E-state index contributed by atoms with van der Waals surface area (Å²) in [6.45, 7) is 7.74. The number of aliphatic hydroxyl groups is 1. The van der Waals surface area contributed by atoms with E-state index in [0.29, 0.717) is 28.9 Å². The van der Waals surface area contributed by atoms with Gasteiger partial charge in [0.25, 0.3) is 5.91 Å². The molecule has 2 aromatic heterocycles. The molecule has 0 radical (unpaired) electrons. The fourth-order valence-corrected chi connectivity index (χ4v) is 3.39. The van der Waals surface area contributed by atoms with Crippen molar-refractivity contribution in [2.45, 2.75) is 46.1 Å². The quantitative estimate of drug-likeness (QED) is 0.465. The summed E-state index contributed by atoms with van der Waals surface area (Å²) < 4.78 is 14.5. The van der Waals surface area contributed by atoms with E-state index in [1.807, 2.05) is 27.7 Å². The molecule has 0 aliphatic carbocycles. The smallest absolute Gasteiger partial charge is 0.255 e. The Bertz CT molecular complexity index is 1100. The maximum atomic E-state index is 14.5. The van der Waals surface area contributed by atoms with E-state index >= 15 is 0 Å². The van der Waals surface area contributed by atoms with Crippen LogP contribution >= 0.6 is 0 Å². The molecule has 7 heteroatoms. The molecule has 0 saturated carbocycles. The number of pyridine rings is 2. The van der Waals surface area contributed by atoms with Crippen molar-refractivity contribution in [3.8, 4) is 11.3 Å². The number of aryl methyl sites for hydroxylation is 1. The molecule has 1 atom stereocenters. The highest BCUT2D eigenvalue weighted by Gasteiger charge is 2.18. The van der Waals surface area contributed by atoms with Crippen molar-refractivity contribution in [3.63, 3.8) is 0 Å². The zero-order valence-corrected chi connectivity index (χ0v) is 18.8. The van der Waals surface area contributed by atoms with Crippen LogP contribution in [0.3, 0.4) is 0 Å². The van der Waals surface area contributed by atoms with Gasteiger partial charge < -0.3 is 15.7 Å². The van der Waals surface area contributed by atoms with Crippen molar-refractivity contribution in [1.29, 1.82) is 0 Å². The first-order valence-corrected chi connectivity index (χ1v) is 10.7. The second kappa shape index (κ2) is 10.3. The highest BCUT2D eigenvalue weighted by Crippen LogP contribution is 2.32. The highest BCUT2D eigenvalue weighted by molar-refractivity contribution is 6.00. The number of nitrogens with one attached hydrogen (secondary N) is 2. The highest BCUT2D eigenvalue weighted by atomic mass is 19.1. The Labute approximate surface area is 187 Å². The number of nitrogens with zero attached hydrogens (tertiary/aromatic N) is 2. The number of hydrogen-bond acceptors (Lipinski definition) is 5. The Balaban J connectivity index is 2.02. The SMILES string of the molecule is CCC(CO)NC(=O)c1cnccc1Nc1cc(-c2cc(C)ccc2F)ncc1C(C)C. The van der Waals surface area contributed by atoms with E-state index in [1.54, 1.807) is 36.7 Å². The van der Waals surface area contributed by atoms with Crippen LogP contribution in [0.5, 0.6) is 0 Å². The Hall–Kier alpha value is -3.32. The Morgan fingerprint density at radius 3 is 2.62 bits per heavy atom. The molecule has 2 heterocycles. The normalized spacial score (nSPS) is 12.0. The van der Waals surface area contributed by atoms with Gasteiger partial charge in [-0.2, -0.15) is 0 Å². The molecule has 0 bridgehead atoms. The van der Waals surface area contributed by atoms with Gasteiger partial charge in [-0.3, -0.25) is 14.8 Å². The molecule has 0 aliphatic heterocycles. The fourth-order valence-electron chi connectivity index (χ4n) is 3.39. The summed E-state index contributed by atoms with van der Waals surface area (Å²) in [5.74, 6) is -0.518. The van der Waals surface area contributed by atoms with Gasteiger partial charge in [-0.25, -0.2) is 4.39 Å². The second-order valence-corrected chi connectivity index (χ2v) is 8.10. The van der Waals surface area contributed by atoms with Crippen molar-refractivity contribution in [1.82, 2.24) is 15.3 Å². The maximum absolute atomic E-state index is 14.5. The summed E-state index contributed by atoms with van der Waals surface area (Å²) in [5.41, 5.74) is 4.46. The van der Waals surface area contributed by atoms with Crippen LogP contribution in [0, 0.1) is 12.7 Å². The number of rotatable bonds is 8. The molecule has 0 fully saturated rings. The van der Waals surface area contributed by atoms with Crippen LogP contribution < -0.4 is 10.6 Å².